The molecule has 0 aliphatic carbocycles. The number of hydrogen-bond acceptors (Lipinski definition) is 5. The van der Waals surface area contributed by atoms with Crippen molar-refractivity contribution in [1.82, 2.24) is 20.2 Å². The summed E-state index contributed by atoms with van der Waals surface area (Å²) in [6.07, 6.45) is 2.82. The highest BCUT2D eigenvalue weighted by Gasteiger charge is 2.14. The van der Waals surface area contributed by atoms with Crippen LogP contribution in [0.2, 0.25) is 0 Å². The van der Waals surface area contributed by atoms with Gasteiger partial charge in [0.1, 0.15) is 11.8 Å². The normalized spacial score (nSPS) is 13.7. The lowest BCUT2D eigenvalue weighted by Gasteiger charge is -2.09. The van der Waals surface area contributed by atoms with Crippen molar-refractivity contribution in [3.63, 3.8) is 0 Å². The standard InChI is InChI=1S/C18H14N4O2S/c1-25(23,24)14-9-7-12(8-10-14)15-11-19-18-17(20-15)16(21-22-18)13-5-3-2-4-6-13/h2-11H,1H3,(H-,19,21,22,23,24). The summed E-state index contributed by atoms with van der Waals surface area (Å²) in [6.45, 7) is 0. The molecule has 25 heavy (non-hydrogen) atoms. The Morgan fingerprint density at radius 2 is 1.72 bits per heavy atom. The van der Waals surface area contributed by atoms with Crippen LogP contribution in [-0.4, -0.2) is 31.0 Å². The second-order valence-corrected chi connectivity index (χ2v) is 7.70. The Kier molecular flexibility index (Phi) is 3.67. The van der Waals surface area contributed by atoms with E-state index in [0.29, 0.717) is 16.9 Å². The Hall–Kier alpha value is -2.90. The predicted octanol–water partition coefficient (Wildman–Crippen LogP) is 3.31. The van der Waals surface area contributed by atoms with E-state index in [4.69, 9.17) is 0 Å². The Bertz CT molecular complexity index is 1090. The number of H-pyrrole nitrogens is 1. The number of fused-ring (bicyclic) bond motifs is 1. The maximum absolute atomic E-state index is 11.6. The first kappa shape index (κ1) is 15.6. The van der Waals surface area contributed by atoms with Crippen molar-refractivity contribution in [2.45, 2.75) is 4.90 Å². The van der Waals surface area contributed by atoms with Gasteiger partial charge in [0, 0.05) is 11.1 Å². The van der Waals surface area contributed by atoms with Crippen molar-refractivity contribution in [1.29, 1.82) is 0 Å². The molecule has 4 aromatic rings. The molecule has 0 fully saturated rings. The minimum Gasteiger partial charge on any atom is -0.610 e. The molecule has 7 heteroatoms. The fourth-order valence-electron chi connectivity index (χ4n) is 2.61. The molecule has 4 rings (SSSR count). The fraction of sp³-hybridized carbons (Fsp3) is 0.0556. The van der Waals surface area contributed by atoms with Crippen LogP contribution in [0.5, 0.6) is 0 Å². The van der Waals surface area contributed by atoms with Crippen molar-refractivity contribution < 1.29 is 8.76 Å². The second-order valence-electron chi connectivity index (χ2n) is 5.69. The van der Waals surface area contributed by atoms with Crippen molar-refractivity contribution >= 4 is 21.4 Å². The molecule has 0 aliphatic heterocycles. The average Bonchev–Trinajstić information content (AvgIpc) is 3.05. The zero-order chi connectivity index (χ0) is 17.4. The van der Waals surface area contributed by atoms with E-state index >= 15 is 0 Å². The molecule has 2 aromatic heterocycles. The molecule has 0 radical (unpaired) electrons. The number of rotatable bonds is 3. The summed E-state index contributed by atoms with van der Waals surface area (Å²) < 4.78 is 23.2. The third-order valence-electron chi connectivity index (χ3n) is 3.90. The summed E-state index contributed by atoms with van der Waals surface area (Å²) in [6, 6.07) is 16.4. The van der Waals surface area contributed by atoms with Crippen molar-refractivity contribution in [2.24, 2.45) is 0 Å². The van der Waals surface area contributed by atoms with E-state index in [1.165, 1.54) is 6.26 Å². The third-order valence-corrected chi connectivity index (χ3v) is 5.03. The van der Waals surface area contributed by atoms with E-state index < -0.39 is 10.2 Å². The Balaban J connectivity index is 1.80. The quantitative estimate of drug-likeness (QED) is 0.572. The van der Waals surface area contributed by atoms with Gasteiger partial charge in [0.05, 0.1) is 27.8 Å². The van der Waals surface area contributed by atoms with Gasteiger partial charge in [-0.3, -0.25) is 5.10 Å². The molecule has 1 atom stereocenters. The number of nitrogens with one attached hydrogen (secondary N) is 1. The SMILES string of the molecule is C[S+](=O)([O-])c1ccc(-c2cnc3n[nH]c(-c4ccccc4)c3n2)cc1. The van der Waals surface area contributed by atoms with Gasteiger partial charge in [-0.15, -0.1) is 4.21 Å². The van der Waals surface area contributed by atoms with Crippen LogP contribution in [0.15, 0.2) is 65.7 Å². The summed E-state index contributed by atoms with van der Waals surface area (Å²) in [4.78, 5) is 9.30. The number of hydrogen-bond donors (Lipinski definition) is 1. The van der Waals surface area contributed by atoms with E-state index in [-0.39, 0.29) is 4.90 Å². The van der Waals surface area contributed by atoms with Crippen LogP contribution in [0, 0.1) is 0 Å². The average molecular weight is 350 g/mol. The molecule has 0 bridgehead atoms. The molecular weight excluding hydrogens is 336 g/mol. The van der Waals surface area contributed by atoms with E-state index in [1.54, 1.807) is 30.5 Å². The summed E-state index contributed by atoms with van der Waals surface area (Å²) in [5, 5.41) is 7.18. The largest absolute Gasteiger partial charge is 0.610 e. The summed E-state index contributed by atoms with van der Waals surface area (Å²) in [5.74, 6) is 0. The summed E-state index contributed by atoms with van der Waals surface area (Å²) in [7, 11) is -3.22. The summed E-state index contributed by atoms with van der Waals surface area (Å²) in [5.41, 5.74) is 4.45. The van der Waals surface area contributed by atoms with Crippen LogP contribution in [0.4, 0.5) is 0 Å². The van der Waals surface area contributed by atoms with Crippen LogP contribution in [0.1, 0.15) is 0 Å². The molecule has 0 amide bonds. The number of aromatic nitrogens is 4. The lowest BCUT2D eigenvalue weighted by atomic mass is 10.1. The maximum Gasteiger partial charge on any atom is 0.200 e. The highest BCUT2D eigenvalue weighted by molar-refractivity contribution is 7.97. The second kappa shape index (κ2) is 5.87. The highest BCUT2D eigenvalue weighted by Crippen LogP contribution is 2.27. The molecule has 1 N–H and O–H groups in total. The third kappa shape index (κ3) is 2.95. The number of sulfone groups is 1. The van der Waals surface area contributed by atoms with Gasteiger partial charge >= 0.3 is 0 Å². The van der Waals surface area contributed by atoms with Crippen LogP contribution in [0.3, 0.4) is 0 Å². The minimum absolute atomic E-state index is 0.276. The Labute approximate surface area is 145 Å². The first-order chi connectivity index (χ1) is 12.0. The molecule has 0 spiro atoms. The molecular formula is C18H14N4O2S. The number of nitrogens with zero attached hydrogens (tertiary/aromatic N) is 3. The monoisotopic (exact) mass is 350 g/mol. The topological polar surface area (TPSA) is 94.6 Å². The zero-order valence-electron chi connectivity index (χ0n) is 13.3. The molecule has 1 unspecified atom stereocenters. The van der Waals surface area contributed by atoms with Crippen molar-refractivity contribution in [3.05, 3.63) is 60.8 Å². The zero-order valence-corrected chi connectivity index (χ0v) is 14.2. The summed E-state index contributed by atoms with van der Waals surface area (Å²) >= 11 is 0. The van der Waals surface area contributed by atoms with Gasteiger partial charge in [-0.2, -0.15) is 5.10 Å². The Morgan fingerprint density at radius 3 is 2.40 bits per heavy atom. The van der Waals surface area contributed by atoms with E-state index in [0.717, 1.165) is 16.8 Å². The van der Waals surface area contributed by atoms with Crippen molar-refractivity contribution in [2.75, 3.05) is 6.26 Å². The fourth-order valence-corrected chi connectivity index (χ4v) is 3.24. The van der Waals surface area contributed by atoms with Crippen LogP contribution < -0.4 is 0 Å². The first-order valence-corrected chi connectivity index (χ1v) is 9.48. The minimum atomic E-state index is -3.22. The maximum atomic E-state index is 11.6. The van der Waals surface area contributed by atoms with Crippen LogP contribution >= 0.6 is 0 Å². The lowest BCUT2D eigenvalue weighted by Crippen LogP contribution is -2.06. The van der Waals surface area contributed by atoms with Gasteiger partial charge in [-0.25, -0.2) is 9.97 Å². The van der Waals surface area contributed by atoms with Gasteiger partial charge in [0.25, 0.3) is 0 Å². The van der Waals surface area contributed by atoms with Gasteiger partial charge in [-0.05, 0) is 24.3 Å². The van der Waals surface area contributed by atoms with E-state index in [2.05, 4.69) is 20.2 Å². The van der Waals surface area contributed by atoms with E-state index in [9.17, 15) is 8.76 Å². The predicted molar refractivity (Wildman–Crippen MR) is 95.6 cm³/mol. The first-order valence-electron chi connectivity index (χ1n) is 7.59. The molecule has 0 aliphatic rings. The molecule has 6 nitrogen and oxygen atoms in total. The molecule has 124 valence electrons. The van der Waals surface area contributed by atoms with Gasteiger partial charge < -0.3 is 4.55 Å². The van der Waals surface area contributed by atoms with Gasteiger partial charge in [0.15, 0.2) is 10.5 Å². The Morgan fingerprint density at radius 1 is 1.00 bits per heavy atom. The molecule has 0 saturated carbocycles. The molecule has 0 saturated heterocycles. The lowest BCUT2D eigenvalue weighted by molar-refractivity contribution is 0.484. The van der Waals surface area contributed by atoms with Gasteiger partial charge in [0.2, 0.25) is 0 Å². The molecule has 2 aromatic carbocycles. The highest BCUT2D eigenvalue weighted by atomic mass is 32.3. The molecule has 2 heterocycles. The van der Waals surface area contributed by atoms with Gasteiger partial charge in [-0.1, -0.05) is 30.3 Å². The van der Waals surface area contributed by atoms with Crippen LogP contribution in [-0.2, 0) is 14.4 Å². The smallest absolute Gasteiger partial charge is 0.200 e. The number of benzene rings is 2. The van der Waals surface area contributed by atoms with Crippen molar-refractivity contribution in [3.8, 4) is 22.5 Å². The number of aromatic amines is 1. The van der Waals surface area contributed by atoms with E-state index in [1.807, 2.05) is 30.3 Å². The van der Waals surface area contributed by atoms with Crippen LogP contribution in [0.25, 0.3) is 33.7 Å².